The molecule has 1 unspecified atom stereocenters. The fourth-order valence-corrected chi connectivity index (χ4v) is 3.63. The third kappa shape index (κ3) is 4.93. The van der Waals surface area contributed by atoms with Crippen molar-refractivity contribution in [3.05, 3.63) is 35.4 Å². The molecule has 0 saturated carbocycles. The van der Waals surface area contributed by atoms with Crippen LogP contribution in [0.3, 0.4) is 0 Å². The van der Waals surface area contributed by atoms with Gasteiger partial charge in [0, 0.05) is 6.54 Å². The molecule has 1 aliphatic heterocycles. The van der Waals surface area contributed by atoms with Gasteiger partial charge >= 0.3 is 0 Å². The van der Waals surface area contributed by atoms with Crippen molar-refractivity contribution in [1.29, 1.82) is 0 Å². The summed E-state index contributed by atoms with van der Waals surface area (Å²) in [5, 5.41) is 3.29. The Morgan fingerprint density at radius 1 is 1.42 bits per heavy atom. The number of hydrogen-bond acceptors (Lipinski definition) is 3. The Hall–Kier alpha value is -0.910. The average Bonchev–Trinajstić information content (AvgIpc) is 2.37. The van der Waals surface area contributed by atoms with Gasteiger partial charge in [0.25, 0.3) is 0 Å². The molecule has 19 heavy (non-hydrogen) atoms. The van der Waals surface area contributed by atoms with Crippen LogP contribution in [0.5, 0.6) is 0 Å². The summed E-state index contributed by atoms with van der Waals surface area (Å²) in [5.41, 5.74) is 1.93. The van der Waals surface area contributed by atoms with Crippen molar-refractivity contribution < 1.29 is 8.42 Å². The van der Waals surface area contributed by atoms with Crippen LogP contribution >= 0.6 is 0 Å². The number of benzene rings is 1. The van der Waals surface area contributed by atoms with Crippen LogP contribution in [0.15, 0.2) is 24.3 Å². The molecular weight excluding hydrogens is 260 g/mol. The quantitative estimate of drug-likeness (QED) is 0.858. The molecule has 1 fully saturated rings. The predicted molar refractivity (Wildman–Crippen MR) is 77.4 cm³/mol. The second kappa shape index (κ2) is 6.50. The topological polar surface area (TPSA) is 58.2 Å². The van der Waals surface area contributed by atoms with Crippen LogP contribution in [0.25, 0.3) is 0 Å². The molecule has 1 aromatic carbocycles. The minimum Gasteiger partial charge on any atom is -0.316 e. The summed E-state index contributed by atoms with van der Waals surface area (Å²) >= 11 is 0. The van der Waals surface area contributed by atoms with Crippen molar-refractivity contribution >= 4 is 10.0 Å². The van der Waals surface area contributed by atoms with E-state index in [0.29, 0.717) is 12.5 Å². The first kappa shape index (κ1) is 14.5. The first-order valence-electron chi connectivity index (χ1n) is 6.79. The largest absolute Gasteiger partial charge is 0.316 e. The molecule has 1 heterocycles. The fraction of sp³-hybridized carbons (Fsp3) is 0.571. The van der Waals surface area contributed by atoms with Gasteiger partial charge in [0.1, 0.15) is 0 Å². The lowest BCUT2D eigenvalue weighted by molar-refractivity contribution is 0.376. The predicted octanol–water partition coefficient (Wildman–Crippen LogP) is 1.41. The number of nitrogens with one attached hydrogen (secondary N) is 2. The zero-order chi connectivity index (χ0) is 13.7. The maximum atomic E-state index is 12.0. The number of aryl methyl sites for hydroxylation is 1. The molecule has 4 nitrogen and oxygen atoms in total. The molecule has 5 heteroatoms. The number of hydrogen-bond donors (Lipinski definition) is 2. The molecule has 0 spiro atoms. The number of sulfonamides is 1. The highest BCUT2D eigenvalue weighted by Crippen LogP contribution is 2.11. The lowest BCUT2D eigenvalue weighted by atomic mass is 10.0. The first-order valence-corrected chi connectivity index (χ1v) is 8.44. The van der Waals surface area contributed by atoms with E-state index in [0.717, 1.165) is 37.1 Å². The van der Waals surface area contributed by atoms with Crippen LogP contribution in [0.4, 0.5) is 0 Å². The summed E-state index contributed by atoms with van der Waals surface area (Å²) in [6, 6.07) is 7.64. The Balaban J connectivity index is 1.87. The lowest BCUT2D eigenvalue weighted by Crippen LogP contribution is -2.38. The van der Waals surface area contributed by atoms with Crippen molar-refractivity contribution in [1.82, 2.24) is 10.0 Å². The molecule has 0 radical (unpaired) electrons. The van der Waals surface area contributed by atoms with E-state index < -0.39 is 10.0 Å². The van der Waals surface area contributed by atoms with Crippen molar-refractivity contribution in [2.75, 3.05) is 19.6 Å². The standard InChI is InChI=1S/C14H22N2O2S/c1-12-4-2-5-13(8-12)11-19(17,18)16-10-14-6-3-7-15-9-14/h2,4-5,8,14-16H,3,6-7,9-11H2,1H3. The van der Waals surface area contributed by atoms with Crippen LogP contribution in [-0.4, -0.2) is 28.1 Å². The summed E-state index contributed by atoms with van der Waals surface area (Å²) in [7, 11) is -3.23. The van der Waals surface area contributed by atoms with E-state index in [9.17, 15) is 8.42 Å². The SMILES string of the molecule is Cc1cccc(CS(=O)(=O)NCC2CCCNC2)c1. The van der Waals surface area contributed by atoms with E-state index in [-0.39, 0.29) is 5.75 Å². The molecule has 2 N–H and O–H groups in total. The monoisotopic (exact) mass is 282 g/mol. The van der Waals surface area contributed by atoms with Gasteiger partial charge in [-0.3, -0.25) is 0 Å². The van der Waals surface area contributed by atoms with Gasteiger partial charge in [-0.25, -0.2) is 13.1 Å². The van der Waals surface area contributed by atoms with E-state index in [1.165, 1.54) is 0 Å². The maximum absolute atomic E-state index is 12.0. The van der Waals surface area contributed by atoms with Crippen LogP contribution < -0.4 is 10.0 Å². The van der Waals surface area contributed by atoms with E-state index in [1.807, 2.05) is 31.2 Å². The molecule has 0 aliphatic carbocycles. The Kier molecular flexibility index (Phi) is 4.96. The maximum Gasteiger partial charge on any atom is 0.215 e. The van der Waals surface area contributed by atoms with Gasteiger partial charge in [-0.2, -0.15) is 0 Å². The molecule has 106 valence electrons. The van der Waals surface area contributed by atoms with Gasteiger partial charge < -0.3 is 5.32 Å². The molecule has 1 atom stereocenters. The van der Waals surface area contributed by atoms with E-state index in [4.69, 9.17) is 0 Å². The molecule has 2 rings (SSSR count). The molecule has 0 bridgehead atoms. The molecule has 0 aromatic heterocycles. The van der Waals surface area contributed by atoms with Crippen molar-refractivity contribution in [3.8, 4) is 0 Å². The van der Waals surface area contributed by atoms with E-state index in [2.05, 4.69) is 10.0 Å². The van der Waals surface area contributed by atoms with Gasteiger partial charge in [0.05, 0.1) is 5.75 Å². The zero-order valence-corrected chi connectivity index (χ0v) is 12.2. The van der Waals surface area contributed by atoms with Crippen molar-refractivity contribution in [2.45, 2.75) is 25.5 Å². The molecule has 1 saturated heterocycles. The molecule has 0 amide bonds. The Bertz CT molecular complexity index is 508. The van der Waals surface area contributed by atoms with Gasteiger partial charge in [-0.1, -0.05) is 29.8 Å². The highest BCUT2D eigenvalue weighted by molar-refractivity contribution is 7.88. The minimum absolute atomic E-state index is 0.0643. The summed E-state index contributed by atoms with van der Waals surface area (Å²) < 4.78 is 26.8. The molecule has 1 aromatic rings. The summed E-state index contributed by atoms with van der Waals surface area (Å²) in [5.74, 6) is 0.482. The van der Waals surface area contributed by atoms with Crippen LogP contribution in [0.1, 0.15) is 24.0 Å². The van der Waals surface area contributed by atoms with Crippen LogP contribution in [-0.2, 0) is 15.8 Å². The first-order chi connectivity index (χ1) is 9.05. The van der Waals surface area contributed by atoms with E-state index >= 15 is 0 Å². The van der Waals surface area contributed by atoms with Gasteiger partial charge in [0.15, 0.2) is 0 Å². The zero-order valence-electron chi connectivity index (χ0n) is 11.4. The summed E-state index contributed by atoms with van der Waals surface area (Å²) in [6.45, 7) is 4.47. The fourth-order valence-electron chi connectivity index (χ4n) is 2.42. The second-order valence-corrected chi connectivity index (χ2v) is 7.12. The Labute approximate surface area is 115 Å². The number of rotatable bonds is 5. The van der Waals surface area contributed by atoms with Crippen LogP contribution in [0, 0.1) is 12.8 Å². The van der Waals surface area contributed by atoms with Gasteiger partial charge in [-0.15, -0.1) is 0 Å². The van der Waals surface area contributed by atoms with E-state index in [1.54, 1.807) is 0 Å². The summed E-state index contributed by atoms with van der Waals surface area (Å²) in [6.07, 6.45) is 2.23. The van der Waals surface area contributed by atoms with Crippen molar-refractivity contribution in [3.63, 3.8) is 0 Å². The molecular formula is C14H22N2O2S. The minimum atomic E-state index is -3.23. The van der Waals surface area contributed by atoms with Gasteiger partial charge in [0.2, 0.25) is 10.0 Å². The third-order valence-electron chi connectivity index (χ3n) is 3.43. The highest BCUT2D eigenvalue weighted by atomic mass is 32.2. The second-order valence-electron chi connectivity index (χ2n) is 5.31. The lowest BCUT2D eigenvalue weighted by Gasteiger charge is -2.22. The highest BCUT2D eigenvalue weighted by Gasteiger charge is 2.17. The number of piperidine rings is 1. The average molecular weight is 282 g/mol. The van der Waals surface area contributed by atoms with Gasteiger partial charge in [-0.05, 0) is 44.3 Å². The van der Waals surface area contributed by atoms with Crippen molar-refractivity contribution in [2.24, 2.45) is 5.92 Å². The Morgan fingerprint density at radius 2 is 2.26 bits per heavy atom. The summed E-state index contributed by atoms with van der Waals surface area (Å²) in [4.78, 5) is 0. The van der Waals surface area contributed by atoms with Crippen LogP contribution in [0.2, 0.25) is 0 Å². The smallest absolute Gasteiger partial charge is 0.215 e. The molecule has 1 aliphatic rings. The third-order valence-corrected chi connectivity index (χ3v) is 4.75. The Morgan fingerprint density at radius 3 is 2.95 bits per heavy atom. The normalized spacial score (nSPS) is 20.4.